The number of carbonyl (C=O) groups is 2. The fourth-order valence-corrected chi connectivity index (χ4v) is 2.93. The zero-order chi connectivity index (χ0) is 23.8. The lowest BCUT2D eigenvalue weighted by Gasteiger charge is -2.11. The number of nitro groups is 1. The molecule has 0 spiro atoms. The van der Waals surface area contributed by atoms with E-state index in [2.05, 4.69) is 26.5 Å². The van der Waals surface area contributed by atoms with E-state index >= 15 is 0 Å². The van der Waals surface area contributed by atoms with Crippen molar-refractivity contribution in [3.63, 3.8) is 0 Å². The van der Waals surface area contributed by atoms with Crippen LogP contribution in [0, 0.1) is 10.1 Å². The number of nitro benzene ring substituents is 1. The second-order valence-corrected chi connectivity index (χ2v) is 7.45. The molecule has 0 radical (unpaired) electrons. The lowest BCUT2D eigenvalue weighted by Crippen LogP contribution is -2.17. The first-order chi connectivity index (χ1) is 15.9. The number of non-ortho nitro benzene ring substituents is 1. The van der Waals surface area contributed by atoms with Crippen molar-refractivity contribution in [3.05, 3.63) is 98.0 Å². The van der Waals surface area contributed by atoms with Crippen LogP contribution in [-0.2, 0) is 0 Å². The standard InChI is InChI=1S/C23H18BrN3O6/c1-2-32-21-13-15(14-25-26-22(28)16-4-8-18(24)9-5-16)3-12-20(21)33-23(29)17-6-10-19(11-7-17)27(30)31/h3-14H,2H2,1H3,(H,26,28). The van der Waals surface area contributed by atoms with Crippen molar-refractivity contribution in [1.29, 1.82) is 0 Å². The number of hydrogen-bond donors (Lipinski definition) is 1. The molecular formula is C23H18BrN3O6. The predicted molar refractivity (Wildman–Crippen MR) is 125 cm³/mol. The van der Waals surface area contributed by atoms with Gasteiger partial charge in [-0.25, -0.2) is 10.2 Å². The third-order valence-corrected chi connectivity index (χ3v) is 4.80. The first-order valence-corrected chi connectivity index (χ1v) is 10.5. The van der Waals surface area contributed by atoms with Gasteiger partial charge < -0.3 is 9.47 Å². The number of hydrogen-bond acceptors (Lipinski definition) is 7. The van der Waals surface area contributed by atoms with E-state index in [4.69, 9.17) is 9.47 Å². The average Bonchev–Trinajstić information content (AvgIpc) is 2.81. The van der Waals surface area contributed by atoms with Gasteiger partial charge in [-0.05, 0) is 67.1 Å². The van der Waals surface area contributed by atoms with Crippen molar-refractivity contribution in [2.45, 2.75) is 6.92 Å². The van der Waals surface area contributed by atoms with Crippen LogP contribution >= 0.6 is 15.9 Å². The van der Waals surface area contributed by atoms with Crippen LogP contribution < -0.4 is 14.9 Å². The van der Waals surface area contributed by atoms with Crippen molar-refractivity contribution in [2.24, 2.45) is 5.10 Å². The van der Waals surface area contributed by atoms with Crippen molar-refractivity contribution >= 4 is 39.7 Å². The summed E-state index contributed by atoms with van der Waals surface area (Å²) in [5.74, 6) is -0.571. The molecule has 0 aromatic heterocycles. The maximum atomic E-state index is 12.4. The number of halogens is 1. The van der Waals surface area contributed by atoms with E-state index in [-0.39, 0.29) is 22.9 Å². The molecule has 168 valence electrons. The van der Waals surface area contributed by atoms with Gasteiger partial charge in [0, 0.05) is 22.2 Å². The summed E-state index contributed by atoms with van der Waals surface area (Å²) in [5, 5.41) is 14.7. The Bertz CT molecular complexity index is 1190. The molecule has 33 heavy (non-hydrogen) atoms. The number of hydrazone groups is 1. The quantitative estimate of drug-likeness (QED) is 0.153. The number of ether oxygens (including phenoxy) is 2. The molecule has 0 aliphatic rings. The molecular weight excluding hydrogens is 494 g/mol. The summed E-state index contributed by atoms with van der Waals surface area (Å²) in [5.41, 5.74) is 3.53. The van der Waals surface area contributed by atoms with Gasteiger partial charge in [-0.3, -0.25) is 14.9 Å². The average molecular weight is 512 g/mol. The van der Waals surface area contributed by atoms with E-state index in [0.717, 1.165) is 4.47 Å². The zero-order valence-electron chi connectivity index (χ0n) is 17.4. The van der Waals surface area contributed by atoms with E-state index in [9.17, 15) is 19.7 Å². The zero-order valence-corrected chi connectivity index (χ0v) is 18.9. The third-order valence-electron chi connectivity index (χ3n) is 4.27. The second-order valence-electron chi connectivity index (χ2n) is 6.54. The molecule has 0 aliphatic carbocycles. The normalized spacial score (nSPS) is 10.6. The minimum Gasteiger partial charge on any atom is -0.490 e. The van der Waals surface area contributed by atoms with Crippen LogP contribution in [0.2, 0.25) is 0 Å². The molecule has 0 bridgehead atoms. The molecule has 3 rings (SSSR count). The SMILES string of the molecule is CCOc1cc(C=NNC(=O)c2ccc(Br)cc2)ccc1OC(=O)c1ccc([N+](=O)[O-])cc1. The molecule has 10 heteroatoms. The number of nitrogens with zero attached hydrogens (tertiary/aromatic N) is 2. The van der Waals surface area contributed by atoms with E-state index < -0.39 is 10.9 Å². The molecule has 3 aromatic carbocycles. The Hall–Kier alpha value is -4.05. The van der Waals surface area contributed by atoms with Gasteiger partial charge in [0.05, 0.1) is 23.3 Å². The first-order valence-electron chi connectivity index (χ1n) is 9.70. The lowest BCUT2D eigenvalue weighted by molar-refractivity contribution is -0.384. The monoisotopic (exact) mass is 511 g/mol. The van der Waals surface area contributed by atoms with Gasteiger partial charge in [0.25, 0.3) is 11.6 Å². The Morgan fingerprint density at radius 1 is 1.03 bits per heavy atom. The molecule has 1 N–H and O–H groups in total. The molecule has 0 fully saturated rings. The highest BCUT2D eigenvalue weighted by molar-refractivity contribution is 9.10. The van der Waals surface area contributed by atoms with Gasteiger partial charge in [-0.15, -0.1) is 0 Å². The minimum absolute atomic E-state index is 0.127. The van der Waals surface area contributed by atoms with E-state index in [1.165, 1.54) is 36.5 Å². The van der Waals surface area contributed by atoms with Gasteiger partial charge in [0.1, 0.15) is 0 Å². The van der Waals surface area contributed by atoms with Gasteiger partial charge >= 0.3 is 5.97 Å². The van der Waals surface area contributed by atoms with Gasteiger partial charge in [0.2, 0.25) is 0 Å². The highest BCUT2D eigenvalue weighted by Crippen LogP contribution is 2.29. The Morgan fingerprint density at radius 2 is 1.70 bits per heavy atom. The lowest BCUT2D eigenvalue weighted by atomic mass is 10.2. The smallest absolute Gasteiger partial charge is 0.343 e. The second kappa shape index (κ2) is 11.0. The highest BCUT2D eigenvalue weighted by atomic mass is 79.9. The molecule has 0 atom stereocenters. The molecule has 0 saturated carbocycles. The van der Waals surface area contributed by atoms with Crippen molar-refractivity contribution in [1.82, 2.24) is 5.43 Å². The Balaban J connectivity index is 1.69. The molecule has 1 amide bonds. The number of nitrogens with one attached hydrogen (secondary N) is 1. The topological polar surface area (TPSA) is 120 Å². The van der Waals surface area contributed by atoms with E-state index in [0.29, 0.717) is 23.5 Å². The van der Waals surface area contributed by atoms with Crippen molar-refractivity contribution < 1.29 is 24.0 Å². The largest absolute Gasteiger partial charge is 0.490 e. The van der Waals surface area contributed by atoms with Crippen LogP contribution in [0.4, 0.5) is 5.69 Å². The molecule has 0 unspecified atom stereocenters. The van der Waals surface area contributed by atoms with Gasteiger partial charge in [0.15, 0.2) is 11.5 Å². The summed E-state index contributed by atoms with van der Waals surface area (Å²) in [7, 11) is 0. The van der Waals surface area contributed by atoms with Crippen LogP contribution in [-0.4, -0.2) is 29.6 Å². The third kappa shape index (κ3) is 6.47. The molecule has 0 saturated heterocycles. The first kappa shape index (κ1) is 23.6. The highest BCUT2D eigenvalue weighted by Gasteiger charge is 2.15. The summed E-state index contributed by atoms with van der Waals surface area (Å²) in [4.78, 5) is 34.7. The van der Waals surface area contributed by atoms with Crippen LogP contribution in [0.15, 0.2) is 76.3 Å². The molecule has 0 heterocycles. The van der Waals surface area contributed by atoms with Crippen LogP contribution in [0.25, 0.3) is 0 Å². The number of rotatable bonds is 8. The van der Waals surface area contributed by atoms with Crippen molar-refractivity contribution in [3.8, 4) is 11.5 Å². The fourth-order valence-electron chi connectivity index (χ4n) is 2.67. The maximum absolute atomic E-state index is 12.4. The maximum Gasteiger partial charge on any atom is 0.343 e. The number of carbonyl (C=O) groups excluding carboxylic acids is 2. The summed E-state index contributed by atoms with van der Waals surface area (Å²) in [6.07, 6.45) is 1.43. The molecule has 3 aromatic rings. The summed E-state index contributed by atoms with van der Waals surface area (Å²) >= 11 is 3.31. The molecule has 9 nitrogen and oxygen atoms in total. The molecule has 0 aliphatic heterocycles. The number of benzene rings is 3. The minimum atomic E-state index is -0.686. The van der Waals surface area contributed by atoms with Crippen LogP contribution in [0.3, 0.4) is 0 Å². The van der Waals surface area contributed by atoms with E-state index in [1.807, 2.05) is 0 Å². The Labute approximate surface area is 197 Å². The summed E-state index contributed by atoms with van der Waals surface area (Å²) in [6.45, 7) is 2.10. The Kier molecular flexibility index (Phi) is 7.87. The number of amides is 1. The summed E-state index contributed by atoms with van der Waals surface area (Å²) < 4.78 is 11.8. The fraction of sp³-hybridized carbons (Fsp3) is 0.0870. The summed E-state index contributed by atoms with van der Waals surface area (Å²) in [6, 6.07) is 16.7. The Morgan fingerprint density at radius 3 is 2.33 bits per heavy atom. The number of esters is 1. The van der Waals surface area contributed by atoms with Gasteiger partial charge in [-0.1, -0.05) is 15.9 Å². The van der Waals surface area contributed by atoms with Crippen LogP contribution in [0.1, 0.15) is 33.2 Å². The van der Waals surface area contributed by atoms with E-state index in [1.54, 1.807) is 43.3 Å². The van der Waals surface area contributed by atoms with Gasteiger partial charge in [-0.2, -0.15) is 5.10 Å². The van der Waals surface area contributed by atoms with Crippen LogP contribution in [0.5, 0.6) is 11.5 Å². The predicted octanol–water partition coefficient (Wildman–Crippen LogP) is 4.74. The van der Waals surface area contributed by atoms with Crippen molar-refractivity contribution in [2.75, 3.05) is 6.61 Å².